The number of benzene rings is 4. The number of carbonyl (C=O) groups excluding carboxylic acids is 1. The zero-order valence-corrected chi connectivity index (χ0v) is 24.9. The van der Waals surface area contributed by atoms with Crippen LogP contribution in [0, 0.1) is 0 Å². The number of carbonyl (C=O) groups is 1. The summed E-state index contributed by atoms with van der Waals surface area (Å²) in [5, 5.41) is 15.9. The highest BCUT2D eigenvalue weighted by Crippen LogP contribution is 2.45. The van der Waals surface area contributed by atoms with E-state index in [0.717, 1.165) is 15.6 Å². The van der Waals surface area contributed by atoms with Crippen LogP contribution in [0.15, 0.2) is 118 Å². The lowest BCUT2D eigenvalue weighted by Crippen LogP contribution is -2.47. The maximum absolute atomic E-state index is 14.5. The first-order valence-corrected chi connectivity index (χ1v) is 14.6. The Kier molecular flexibility index (Phi) is 9.73. The van der Waals surface area contributed by atoms with Gasteiger partial charge in [-0.05, 0) is 64.7 Å². The lowest BCUT2D eigenvalue weighted by atomic mass is 9.80. The zero-order valence-electron chi connectivity index (χ0n) is 23.3. The molecule has 2 N–H and O–H groups in total. The van der Waals surface area contributed by atoms with Crippen LogP contribution in [0.5, 0.6) is 5.75 Å². The number of rotatable bonds is 12. The molecule has 4 aromatic rings. The molecule has 0 aliphatic carbocycles. The summed E-state index contributed by atoms with van der Waals surface area (Å²) in [5.74, 6) is 0.617. The number of azide groups is 1. The number of anilines is 1. The number of hydrogen-bond donors (Lipinski definition) is 2. The minimum atomic E-state index is -1.43. The van der Waals surface area contributed by atoms with E-state index in [1.165, 1.54) is 0 Å². The standard InChI is InChI=1S/C33H30BrN5O4/c34-29-14-7-5-9-24(29)21-33(32(41)37-26-11-2-1-3-12-26)30(28-13-6-4-10-25(28)22-36-39-35)43-31(38-33)23-15-17-27(18-16-23)42-20-8-19-40/h1-7,9-18,30,40H,8,19-22H2,(H,37,41)/t30-,33-/m1/s1. The van der Waals surface area contributed by atoms with Crippen LogP contribution in [0.2, 0.25) is 0 Å². The molecule has 0 spiro atoms. The minimum Gasteiger partial charge on any atom is -0.494 e. The van der Waals surface area contributed by atoms with E-state index in [4.69, 9.17) is 25.1 Å². The monoisotopic (exact) mass is 639 g/mol. The summed E-state index contributed by atoms with van der Waals surface area (Å²) in [4.78, 5) is 22.5. The normalized spacial score (nSPS) is 17.3. The smallest absolute Gasteiger partial charge is 0.257 e. The van der Waals surface area contributed by atoms with E-state index in [1.807, 2.05) is 91.0 Å². The van der Waals surface area contributed by atoms with Crippen molar-refractivity contribution < 1.29 is 19.4 Å². The molecule has 0 radical (unpaired) electrons. The van der Waals surface area contributed by atoms with Crippen molar-refractivity contribution in [2.75, 3.05) is 18.5 Å². The molecule has 218 valence electrons. The second-order valence-electron chi connectivity index (χ2n) is 9.97. The van der Waals surface area contributed by atoms with E-state index in [-0.39, 0.29) is 25.5 Å². The van der Waals surface area contributed by atoms with Gasteiger partial charge in [0.05, 0.1) is 13.2 Å². The molecule has 0 aromatic heterocycles. The Hall–Kier alpha value is -4.63. The van der Waals surface area contributed by atoms with Gasteiger partial charge >= 0.3 is 0 Å². The SMILES string of the molecule is [N-]=[N+]=NCc1ccccc1[C@H]1OC(c2ccc(OCCCO)cc2)=N[C@@]1(Cc1ccccc1Br)C(=O)Nc1ccccc1. The molecule has 0 fully saturated rings. The van der Waals surface area contributed by atoms with Crippen molar-refractivity contribution in [3.8, 4) is 5.75 Å². The number of ether oxygens (including phenoxy) is 2. The first-order chi connectivity index (χ1) is 21.0. The highest BCUT2D eigenvalue weighted by molar-refractivity contribution is 9.10. The minimum absolute atomic E-state index is 0.0515. The summed E-state index contributed by atoms with van der Waals surface area (Å²) in [6, 6.07) is 31.7. The fourth-order valence-corrected chi connectivity index (χ4v) is 5.42. The van der Waals surface area contributed by atoms with Crippen molar-refractivity contribution in [1.29, 1.82) is 0 Å². The third-order valence-corrected chi connectivity index (χ3v) is 7.89. The van der Waals surface area contributed by atoms with Crippen molar-refractivity contribution in [3.05, 3.63) is 140 Å². The molecule has 10 heteroatoms. The van der Waals surface area contributed by atoms with Gasteiger partial charge < -0.3 is 19.9 Å². The van der Waals surface area contributed by atoms with Gasteiger partial charge in [0.15, 0.2) is 11.6 Å². The number of aliphatic imine (C=N–C) groups is 1. The number of para-hydroxylation sites is 1. The molecular formula is C33H30BrN5O4. The maximum Gasteiger partial charge on any atom is 0.257 e. The third kappa shape index (κ3) is 6.89. The number of nitrogens with one attached hydrogen (secondary N) is 1. The molecule has 0 unspecified atom stereocenters. The van der Waals surface area contributed by atoms with Crippen LogP contribution < -0.4 is 10.1 Å². The highest BCUT2D eigenvalue weighted by Gasteiger charge is 2.54. The Labute approximate surface area is 258 Å². The summed E-state index contributed by atoms with van der Waals surface area (Å²) in [5.41, 5.74) is 11.2. The molecular weight excluding hydrogens is 610 g/mol. The van der Waals surface area contributed by atoms with E-state index < -0.39 is 11.6 Å². The Bertz CT molecular complexity index is 1640. The van der Waals surface area contributed by atoms with Crippen LogP contribution in [0.1, 0.15) is 34.8 Å². The molecule has 4 aromatic carbocycles. The van der Waals surface area contributed by atoms with Gasteiger partial charge in [-0.3, -0.25) is 4.79 Å². The fourth-order valence-electron chi connectivity index (χ4n) is 4.99. The molecule has 0 bridgehead atoms. The number of aliphatic hydroxyl groups is 1. The number of hydrogen-bond acceptors (Lipinski definition) is 6. The van der Waals surface area contributed by atoms with Crippen molar-refractivity contribution in [2.24, 2.45) is 10.1 Å². The summed E-state index contributed by atoms with van der Waals surface area (Å²) in [6.07, 6.45) is -0.0916. The average Bonchev–Trinajstić information content (AvgIpc) is 3.42. The Morgan fingerprint density at radius 3 is 2.42 bits per heavy atom. The van der Waals surface area contributed by atoms with Crippen LogP contribution in [0.4, 0.5) is 5.69 Å². The Balaban J connectivity index is 1.64. The van der Waals surface area contributed by atoms with Gasteiger partial charge in [-0.15, -0.1) is 0 Å². The van der Waals surface area contributed by atoms with E-state index in [2.05, 4.69) is 31.3 Å². The molecule has 1 heterocycles. The molecule has 9 nitrogen and oxygen atoms in total. The van der Waals surface area contributed by atoms with Gasteiger partial charge in [0.2, 0.25) is 5.90 Å². The van der Waals surface area contributed by atoms with Crippen LogP contribution in [-0.4, -0.2) is 35.7 Å². The number of amides is 1. The lowest BCUT2D eigenvalue weighted by Gasteiger charge is -2.32. The van der Waals surface area contributed by atoms with Gasteiger partial charge in [-0.1, -0.05) is 81.7 Å². The predicted octanol–water partition coefficient (Wildman–Crippen LogP) is 7.16. The molecule has 0 saturated heterocycles. The fraction of sp³-hybridized carbons (Fsp3) is 0.212. The van der Waals surface area contributed by atoms with Crippen molar-refractivity contribution in [1.82, 2.24) is 0 Å². The molecule has 1 amide bonds. The molecule has 0 saturated carbocycles. The summed E-state index contributed by atoms with van der Waals surface area (Å²) >= 11 is 3.66. The van der Waals surface area contributed by atoms with Gasteiger partial charge in [0, 0.05) is 40.1 Å². The maximum atomic E-state index is 14.5. The van der Waals surface area contributed by atoms with E-state index in [1.54, 1.807) is 12.1 Å². The molecule has 5 rings (SSSR count). The second-order valence-corrected chi connectivity index (χ2v) is 10.8. The van der Waals surface area contributed by atoms with E-state index in [0.29, 0.717) is 41.5 Å². The number of aliphatic hydroxyl groups excluding tert-OH is 1. The number of nitrogens with zero attached hydrogens (tertiary/aromatic N) is 4. The zero-order chi connectivity index (χ0) is 30.1. The predicted molar refractivity (Wildman–Crippen MR) is 169 cm³/mol. The molecule has 43 heavy (non-hydrogen) atoms. The lowest BCUT2D eigenvalue weighted by molar-refractivity contribution is -0.123. The van der Waals surface area contributed by atoms with E-state index in [9.17, 15) is 4.79 Å². The Morgan fingerprint density at radius 1 is 1.00 bits per heavy atom. The second kappa shape index (κ2) is 14.0. The average molecular weight is 641 g/mol. The third-order valence-electron chi connectivity index (χ3n) is 7.12. The van der Waals surface area contributed by atoms with Crippen molar-refractivity contribution in [3.63, 3.8) is 0 Å². The van der Waals surface area contributed by atoms with E-state index >= 15 is 0 Å². The topological polar surface area (TPSA) is 129 Å². The van der Waals surface area contributed by atoms with Gasteiger partial charge in [0.1, 0.15) is 5.75 Å². The molecule has 2 atom stereocenters. The Morgan fingerprint density at radius 2 is 1.70 bits per heavy atom. The summed E-state index contributed by atoms with van der Waals surface area (Å²) in [6.45, 7) is 0.537. The largest absolute Gasteiger partial charge is 0.494 e. The van der Waals surface area contributed by atoms with Crippen LogP contribution in [0.3, 0.4) is 0 Å². The van der Waals surface area contributed by atoms with Crippen LogP contribution in [-0.2, 0) is 22.5 Å². The van der Waals surface area contributed by atoms with Crippen molar-refractivity contribution in [2.45, 2.75) is 31.0 Å². The first-order valence-electron chi connectivity index (χ1n) is 13.8. The quantitative estimate of drug-likeness (QED) is 0.0737. The number of halogens is 1. The van der Waals surface area contributed by atoms with Crippen molar-refractivity contribution >= 4 is 33.4 Å². The van der Waals surface area contributed by atoms with Crippen LogP contribution in [0.25, 0.3) is 10.4 Å². The molecule has 1 aliphatic rings. The van der Waals surface area contributed by atoms with Crippen LogP contribution >= 0.6 is 15.9 Å². The first kappa shape index (κ1) is 29.8. The summed E-state index contributed by atoms with van der Waals surface area (Å²) < 4.78 is 13.2. The highest BCUT2D eigenvalue weighted by atomic mass is 79.9. The van der Waals surface area contributed by atoms with Gasteiger partial charge in [0.25, 0.3) is 5.91 Å². The molecule has 1 aliphatic heterocycles. The van der Waals surface area contributed by atoms with Gasteiger partial charge in [-0.25, -0.2) is 4.99 Å². The summed E-state index contributed by atoms with van der Waals surface area (Å²) in [7, 11) is 0. The van der Waals surface area contributed by atoms with Gasteiger partial charge in [-0.2, -0.15) is 0 Å².